The van der Waals surface area contributed by atoms with Crippen LogP contribution in [0.3, 0.4) is 0 Å². The number of nitrogens with two attached hydrogens (primary N) is 2. The van der Waals surface area contributed by atoms with E-state index in [0.717, 1.165) is 165 Å². The van der Waals surface area contributed by atoms with E-state index in [9.17, 15) is 29.1 Å². The Bertz CT molecular complexity index is 2600. The van der Waals surface area contributed by atoms with Gasteiger partial charge in [-0.15, -0.1) is 16.6 Å². The first kappa shape index (κ1) is 78.1. The highest BCUT2D eigenvalue weighted by molar-refractivity contribution is 5.81. The number of hydrogen-bond donors (Lipinski definition) is 6. The minimum atomic E-state index is -0.959. The second-order valence-corrected chi connectivity index (χ2v) is 25.1. The van der Waals surface area contributed by atoms with Crippen LogP contribution in [-0.2, 0) is 51.0 Å². The molecule has 3 atom stereocenters. The lowest BCUT2D eigenvalue weighted by atomic mass is 10.0. The van der Waals surface area contributed by atoms with Gasteiger partial charge >= 0.3 is 5.97 Å². The number of nitrogens with zero attached hydrogens (tertiary/aromatic N) is 13. The molecule has 27 nitrogen and oxygen atoms in total. The number of anilines is 3. The number of hydrogen-bond acceptors (Lipinski definition) is 20. The maximum absolute atomic E-state index is 13.4. The SMILES string of the molecule is C#CCOCCOCCOCCNc1nc(N2CCN(C(=O)CCCCCCCCCCNC(=O)[C@@H](CCCCN)n3cc(C[C@@H](C)CC)nn3)CC2)nc(N2CCN(C(=O)CCCCCCCCCCNC(=O)[C@H](CCC(=O)O)n3cc(CCCCCN)nn3)CC2)n1. The Morgan fingerprint density at radius 3 is 1.52 bits per heavy atom. The third-order valence-corrected chi connectivity index (χ3v) is 17.4. The molecular formula is C67H116N18O9. The lowest BCUT2D eigenvalue weighted by molar-refractivity contribution is -0.137. The van der Waals surface area contributed by atoms with E-state index >= 15 is 0 Å². The Morgan fingerprint density at radius 1 is 0.553 bits per heavy atom. The summed E-state index contributed by atoms with van der Waals surface area (Å²) in [5.41, 5.74) is 13.1. The number of unbranched alkanes of at least 4 members (excludes halogenated alkanes) is 17. The maximum atomic E-state index is 13.4. The summed E-state index contributed by atoms with van der Waals surface area (Å²) in [5, 5.41) is 35.8. The van der Waals surface area contributed by atoms with Crippen molar-refractivity contribution in [2.45, 2.75) is 212 Å². The van der Waals surface area contributed by atoms with Crippen molar-refractivity contribution >= 4 is 47.4 Å². The number of aryl methyl sites for hydroxylation is 1. The molecule has 0 radical (unpaired) electrons. The number of carbonyl (C=O) groups is 5. The molecule has 94 heavy (non-hydrogen) atoms. The zero-order valence-corrected chi connectivity index (χ0v) is 57.1. The lowest BCUT2D eigenvalue weighted by Gasteiger charge is -2.36. The molecular weight excluding hydrogens is 1200 g/mol. The normalized spacial score (nSPS) is 14.4. The van der Waals surface area contributed by atoms with Gasteiger partial charge in [0.25, 0.3) is 0 Å². The van der Waals surface area contributed by atoms with Crippen LogP contribution in [0.2, 0.25) is 0 Å². The number of carboxylic acid groups (broad SMARTS) is 1. The number of amides is 4. The standard InChI is InChI=1S/C67H116N18O9/c1-4-46-92-48-50-94-51-49-93-47-37-72-65-73-66(82-42-38-80(39-43-82)60(86)29-20-14-10-6-8-12-16-25-35-70-63(90)58(28-22-24-34-69)85-54-57(77-79-85)52-55(3)5-2)75-67(74-65)83-44-40-81(41-45-83)61(87)30-21-15-11-7-9-13-17-26-36-71-64(91)59(31-32-62(88)89)84-53-56(76-78-84)27-19-18-23-33-68/h1,53-55,58-59H,5-52,68-69H2,2-3H3,(H,70,90)(H,71,91)(H,88,89)(H,72,73,74,75)/t55-,58+,59-/m0/s1. The van der Waals surface area contributed by atoms with Gasteiger partial charge in [-0.05, 0) is 96.1 Å². The predicted octanol–water partition coefficient (Wildman–Crippen LogP) is 6.44. The van der Waals surface area contributed by atoms with Crippen LogP contribution in [0, 0.1) is 18.3 Å². The van der Waals surface area contributed by atoms with Crippen molar-refractivity contribution in [3.8, 4) is 12.3 Å². The van der Waals surface area contributed by atoms with Crippen molar-refractivity contribution in [2.75, 3.05) is 140 Å². The van der Waals surface area contributed by atoms with Crippen molar-refractivity contribution < 1.29 is 43.3 Å². The Hall–Kier alpha value is -6.60. The number of aromatic nitrogens is 9. The van der Waals surface area contributed by atoms with Gasteiger partial charge in [0.2, 0.25) is 41.5 Å². The maximum Gasteiger partial charge on any atom is 0.303 e. The third-order valence-electron chi connectivity index (χ3n) is 17.4. The topological polar surface area (TPSA) is 334 Å². The molecule has 0 aliphatic carbocycles. The van der Waals surface area contributed by atoms with E-state index in [4.69, 9.17) is 47.1 Å². The van der Waals surface area contributed by atoms with Gasteiger partial charge < -0.3 is 66.3 Å². The fraction of sp³-hybridized carbons (Fsp3) is 0.791. The fourth-order valence-corrected chi connectivity index (χ4v) is 11.5. The summed E-state index contributed by atoms with van der Waals surface area (Å²) in [6, 6.07) is -1.10. The number of rotatable bonds is 54. The minimum absolute atomic E-state index is 0.00301. The summed E-state index contributed by atoms with van der Waals surface area (Å²) >= 11 is 0. The van der Waals surface area contributed by atoms with Crippen LogP contribution >= 0.6 is 0 Å². The smallest absolute Gasteiger partial charge is 0.303 e. The summed E-state index contributed by atoms with van der Waals surface area (Å²) in [6.45, 7) is 14.3. The molecule has 3 aromatic heterocycles. The van der Waals surface area contributed by atoms with Gasteiger partial charge in [0.05, 0.1) is 44.4 Å². The summed E-state index contributed by atoms with van der Waals surface area (Å²) in [5.74, 6) is 3.64. The second-order valence-electron chi connectivity index (χ2n) is 25.1. The molecule has 5 rings (SSSR count). The Morgan fingerprint density at radius 2 is 1.01 bits per heavy atom. The Kier molecular flexibility index (Phi) is 40.0. The number of piperazine rings is 2. The third kappa shape index (κ3) is 31.8. The van der Waals surface area contributed by atoms with Crippen LogP contribution in [0.25, 0.3) is 0 Å². The largest absolute Gasteiger partial charge is 0.481 e. The van der Waals surface area contributed by atoms with E-state index in [1.807, 2.05) is 16.0 Å². The molecule has 5 heterocycles. The summed E-state index contributed by atoms with van der Waals surface area (Å²) in [6.07, 6.45) is 34.2. The van der Waals surface area contributed by atoms with Crippen molar-refractivity contribution in [1.82, 2.24) is 65.4 Å². The highest BCUT2D eigenvalue weighted by atomic mass is 16.5. The monoisotopic (exact) mass is 1320 g/mol. The number of carboxylic acids is 1. The average molecular weight is 1320 g/mol. The van der Waals surface area contributed by atoms with E-state index in [1.54, 1.807) is 10.9 Å². The Balaban J connectivity index is 0.958. The minimum Gasteiger partial charge on any atom is -0.481 e. The molecule has 2 fully saturated rings. The summed E-state index contributed by atoms with van der Waals surface area (Å²) in [7, 11) is 0. The van der Waals surface area contributed by atoms with E-state index in [2.05, 4.69) is 66.1 Å². The van der Waals surface area contributed by atoms with Crippen molar-refractivity contribution in [1.29, 1.82) is 0 Å². The molecule has 2 saturated heterocycles. The zero-order valence-electron chi connectivity index (χ0n) is 57.1. The van der Waals surface area contributed by atoms with Crippen LogP contribution in [0.1, 0.15) is 211 Å². The first-order valence-electron chi connectivity index (χ1n) is 35.6. The molecule has 0 aromatic carbocycles. The van der Waals surface area contributed by atoms with Gasteiger partial charge in [-0.1, -0.05) is 120 Å². The van der Waals surface area contributed by atoms with Crippen LogP contribution in [-0.4, -0.2) is 214 Å². The molecule has 8 N–H and O–H groups in total. The molecule has 2 aliphatic heterocycles. The Labute approximate surface area is 559 Å². The predicted molar refractivity (Wildman–Crippen MR) is 364 cm³/mol. The number of terminal acetylenes is 1. The van der Waals surface area contributed by atoms with E-state index in [-0.39, 0.29) is 49.1 Å². The number of aliphatic carboxylic acids is 1. The molecule has 0 unspecified atom stereocenters. The summed E-state index contributed by atoms with van der Waals surface area (Å²) < 4.78 is 19.8. The number of nitrogens with one attached hydrogen (secondary N) is 3. The summed E-state index contributed by atoms with van der Waals surface area (Å²) in [4.78, 5) is 87.4. The molecule has 0 saturated carbocycles. The van der Waals surface area contributed by atoms with E-state index in [1.165, 1.54) is 4.68 Å². The molecule has 528 valence electrons. The van der Waals surface area contributed by atoms with Gasteiger partial charge in [0.1, 0.15) is 18.7 Å². The van der Waals surface area contributed by atoms with E-state index in [0.29, 0.717) is 161 Å². The highest BCUT2D eigenvalue weighted by Gasteiger charge is 2.28. The first-order valence-corrected chi connectivity index (χ1v) is 35.6. The quantitative estimate of drug-likeness (QED) is 0.0262. The molecule has 2 aliphatic rings. The van der Waals surface area contributed by atoms with Crippen molar-refractivity contribution in [2.24, 2.45) is 17.4 Å². The number of carbonyl (C=O) groups excluding carboxylic acids is 4. The van der Waals surface area contributed by atoms with Gasteiger partial charge in [-0.2, -0.15) is 15.0 Å². The fourth-order valence-electron chi connectivity index (χ4n) is 11.5. The lowest BCUT2D eigenvalue weighted by Crippen LogP contribution is -2.50. The van der Waals surface area contributed by atoms with Crippen LogP contribution in [0.5, 0.6) is 0 Å². The molecule has 27 heteroatoms. The molecule has 4 amide bonds. The highest BCUT2D eigenvalue weighted by Crippen LogP contribution is 2.23. The van der Waals surface area contributed by atoms with Crippen molar-refractivity contribution in [3.63, 3.8) is 0 Å². The molecule has 3 aromatic rings. The molecule has 0 bridgehead atoms. The van der Waals surface area contributed by atoms with Crippen LogP contribution in [0.15, 0.2) is 12.4 Å². The van der Waals surface area contributed by atoms with Gasteiger partial charge in [-0.25, -0.2) is 9.36 Å². The van der Waals surface area contributed by atoms with Crippen LogP contribution in [0.4, 0.5) is 17.8 Å². The first-order chi connectivity index (χ1) is 45.9. The van der Waals surface area contributed by atoms with Crippen molar-refractivity contribution in [3.05, 3.63) is 23.8 Å². The van der Waals surface area contributed by atoms with Gasteiger partial charge in [0.15, 0.2) is 0 Å². The number of ether oxygens (including phenoxy) is 3. The van der Waals surface area contributed by atoms with Crippen LogP contribution < -0.4 is 37.2 Å². The van der Waals surface area contributed by atoms with Gasteiger partial charge in [-0.3, -0.25) is 24.0 Å². The zero-order chi connectivity index (χ0) is 67.2. The molecule has 0 spiro atoms. The van der Waals surface area contributed by atoms with E-state index < -0.39 is 12.0 Å². The average Bonchev–Trinajstić information content (AvgIpc) is 1.07. The second kappa shape index (κ2) is 48.1. The van der Waals surface area contributed by atoms with Gasteiger partial charge in [0, 0.05) is 104 Å².